The average molecular weight is 329 g/mol. The highest BCUT2D eigenvalue weighted by atomic mass is 19.4. The summed E-state index contributed by atoms with van der Waals surface area (Å²) in [7, 11) is 1.22. The molecule has 23 heavy (non-hydrogen) atoms. The van der Waals surface area contributed by atoms with Crippen LogP contribution in [0, 0.1) is 0 Å². The third-order valence-corrected chi connectivity index (χ3v) is 3.18. The second kappa shape index (κ2) is 6.29. The number of nitrogens with one attached hydrogen (secondary N) is 1. The van der Waals surface area contributed by atoms with Crippen molar-refractivity contribution in [3.8, 4) is 5.69 Å². The van der Waals surface area contributed by atoms with Crippen LogP contribution < -0.4 is 11.3 Å². The van der Waals surface area contributed by atoms with Crippen molar-refractivity contribution in [1.29, 1.82) is 0 Å². The number of H-pyrrole nitrogens is 1. The number of rotatable bonds is 4. The first-order chi connectivity index (χ1) is 10.7. The topological polar surface area (TPSA) is 90.1 Å². The number of nitrogens with two attached hydrogens (primary N) is 1. The molecule has 0 bridgehead atoms. The molecule has 1 aromatic heterocycles. The van der Waals surface area contributed by atoms with Crippen molar-refractivity contribution in [2.45, 2.75) is 18.6 Å². The van der Waals surface area contributed by atoms with E-state index in [4.69, 9.17) is 5.73 Å². The SMILES string of the molecule is COC(=O)[C@@H](N)Cc1ccc(-n2[nH]c(C(F)(F)F)cc2=O)cc1. The van der Waals surface area contributed by atoms with Gasteiger partial charge in [0.25, 0.3) is 5.56 Å². The maximum absolute atomic E-state index is 12.6. The fraction of sp³-hybridized carbons (Fsp3) is 0.286. The molecule has 2 rings (SSSR count). The summed E-state index contributed by atoms with van der Waals surface area (Å²) in [5.41, 5.74) is 4.59. The maximum atomic E-state index is 12.6. The second-order valence-electron chi connectivity index (χ2n) is 4.84. The first-order valence-corrected chi connectivity index (χ1v) is 6.54. The summed E-state index contributed by atoms with van der Waals surface area (Å²) in [6, 6.07) is 5.70. The number of halogens is 3. The molecule has 0 fully saturated rings. The van der Waals surface area contributed by atoms with E-state index in [0.29, 0.717) is 11.6 Å². The largest absolute Gasteiger partial charge is 0.468 e. The molecule has 1 atom stereocenters. The lowest BCUT2D eigenvalue weighted by Gasteiger charge is -2.10. The van der Waals surface area contributed by atoms with Crippen LogP contribution in [0.4, 0.5) is 13.2 Å². The number of hydrogen-bond donors (Lipinski definition) is 2. The molecule has 1 heterocycles. The predicted molar refractivity (Wildman–Crippen MR) is 75.1 cm³/mol. The van der Waals surface area contributed by atoms with Crippen molar-refractivity contribution in [2.75, 3.05) is 7.11 Å². The van der Waals surface area contributed by atoms with E-state index in [-0.39, 0.29) is 12.1 Å². The predicted octanol–water partition coefficient (Wildman–Crippen LogP) is 1.23. The Morgan fingerprint density at radius 3 is 2.43 bits per heavy atom. The summed E-state index contributed by atoms with van der Waals surface area (Å²) in [6.45, 7) is 0. The molecule has 0 aliphatic carbocycles. The van der Waals surface area contributed by atoms with E-state index in [2.05, 4.69) is 4.74 Å². The third kappa shape index (κ3) is 3.81. The lowest BCUT2D eigenvalue weighted by Crippen LogP contribution is -2.33. The second-order valence-corrected chi connectivity index (χ2v) is 4.84. The minimum absolute atomic E-state index is 0.209. The van der Waals surface area contributed by atoms with Crippen molar-refractivity contribution in [1.82, 2.24) is 9.78 Å². The first-order valence-electron chi connectivity index (χ1n) is 6.54. The summed E-state index contributed by atoms with van der Waals surface area (Å²) < 4.78 is 43.0. The Kier molecular flexibility index (Phi) is 4.60. The molecule has 9 heteroatoms. The molecular formula is C14H14F3N3O3. The molecule has 2 aromatic rings. The Morgan fingerprint density at radius 1 is 1.35 bits per heavy atom. The van der Waals surface area contributed by atoms with E-state index in [1.165, 1.54) is 19.2 Å². The van der Waals surface area contributed by atoms with Crippen molar-refractivity contribution in [2.24, 2.45) is 5.73 Å². The Balaban J connectivity index is 2.22. The van der Waals surface area contributed by atoms with Crippen LogP contribution in [0.1, 0.15) is 11.3 Å². The molecule has 124 valence electrons. The molecule has 0 radical (unpaired) electrons. The van der Waals surface area contributed by atoms with Crippen molar-refractivity contribution >= 4 is 5.97 Å². The lowest BCUT2D eigenvalue weighted by atomic mass is 10.1. The average Bonchev–Trinajstić information content (AvgIpc) is 2.89. The highest BCUT2D eigenvalue weighted by Crippen LogP contribution is 2.26. The molecule has 0 aliphatic rings. The highest BCUT2D eigenvalue weighted by Gasteiger charge is 2.33. The minimum Gasteiger partial charge on any atom is -0.468 e. The summed E-state index contributed by atoms with van der Waals surface area (Å²) in [5.74, 6) is -0.565. The Hall–Kier alpha value is -2.55. The van der Waals surface area contributed by atoms with Crippen LogP contribution in [-0.4, -0.2) is 28.9 Å². The van der Waals surface area contributed by atoms with Crippen molar-refractivity contribution in [3.05, 3.63) is 51.9 Å². The molecule has 3 N–H and O–H groups in total. The Bertz CT molecular complexity index is 747. The lowest BCUT2D eigenvalue weighted by molar-refractivity contribution is -0.142. The standard InChI is InChI=1S/C14H14F3N3O3/c1-23-13(22)10(18)6-8-2-4-9(5-3-8)20-12(21)7-11(19-20)14(15,16)17/h2-5,7,10,19H,6,18H2,1H3/t10-/m0/s1. The van der Waals surface area contributed by atoms with Gasteiger partial charge in [0.1, 0.15) is 11.7 Å². The van der Waals surface area contributed by atoms with Gasteiger partial charge in [-0.3, -0.25) is 14.7 Å². The van der Waals surface area contributed by atoms with Gasteiger partial charge >= 0.3 is 12.1 Å². The van der Waals surface area contributed by atoms with Gasteiger partial charge in [-0.05, 0) is 24.1 Å². The van der Waals surface area contributed by atoms with Crippen LogP contribution in [-0.2, 0) is 22.1 Å². The summed E-state index contributed by atoms with van der Waals surface area (Å²) in [6.07, 6.45) is -4.42. The molecule has 0 aliphatic heterocycles. The molecule has 0 saturated heterocycles. The molecular weight excluding hydrogens is 315 g/mol. The van der Waals surface area contributed by atoms with E-state index in [0.717, 1.165) is 4.68 Å². The number of aromatic amines is 1. The van der Waals surface area contributed by atoms with Gasteiger partial charge in [-0.2, -0.15) is 13.2 Å². The zero-order chi connectivity index (χ0) is 17.2. The molecule has 0 spiro atoms. The number of carbonyl (C=O) groups is 1. The van der Waals surface area contributed by atoms with Crippen molar-refractivity contribution in [3.63, 3.8) is 0 Å². The molecule has 0 unspecified atom stereocenters. The van der Waals surface area contributed by atoms with Crippen LogP contribution in [0.15, 0.2) is 35.1 Å². The third-order valence-electron chi connectivity index (χ3n) is 3.18. The minimum atomic E-state index is -4.63. The summed E-state index contributed by atoms with van der Waals surface area (Å²) >= 11 is 0. The fourth-order valence-corrected chi connectivity index (χ4v) is 2.00. The molecule has 0 amide bonds. The zero-order valence-electron chi connectivity index (χ0n) is 12.1. The number of ether oxygens (including phenoxy) is 1. The maximum Gasteiger partial charge on any atom is 0.432 e. The van der Waals surface area contributed by atoms with E-state index in [1.807, 2.05) is 5.10 Å². The van der Waals surface area contributed by atoms with Gasteiger partial charge in [0.05, 0.1) is 12.8 Å². The van der Waals surface area contributed by atoms with Crippen LogP contribution in [0.3, 0.4) is 0 Å². The molecule has 0 saturated carbocycles. The van der Waals surface area contributed by atoms with Crippen LogP contribution in [0.25, 0.3) is 5.69 Å². The number of benzene rings is 1. The van der Waals surface area contributed by atoms with E-state index in [1.54, 1.807) is 12.1 Å². The van der Waals surface area contributed by atoms with E-state index < -0.39 is 29.4 Å². The number of nitrogens with zero attached hydrogens (tertiary/aromatic N) is 1. The normalized spacial score (nSPS) is 12.9. The first kappa shape index (κ1) is 16.8. The number of methoxy groups -OCH3 is 1. The molecule has 6 nitrogen and oxygen atoms in total. The van der Waals surface area contributed by atoms with Gasteiger partial charge < -0.3 is 10.5 Å². The van der Waals surface area contributed by atoms with E-state index >= 15 is 0 Å². The van der Waals surface area contributed by atoms with Gasteiger partial charge in [-0.15, -0.1) is 0 Å². The van der Waals surface area contributed by atoms with Gasteiger partial charge in [-0.25, -0.2) is 4.68 Å². The van der Waals surface area contributed by atoms with Crippen molar-refractivity contribution < 1.29 is 22.7 Å². The number of aromatic nitrogens is 2. The van der Waals surface area contributed by atoms with Crippen LogP contribution >= 0.6 is 0 Å². The fourth-order valence-electron chi connectivity index (χ4n) is 2.00. The quantitative estimate of drug-likeness (QED) is 0.826. The monoisotopic (exact) mass is 329 g/mol. The number of alkyl halides is 3. The van der Waals surface area contributed by atoms with Gasteiger partial charge in [-0.1, -0.05) is 12.1 Å². The summed E-state index contributed by atoms with van der Waals surface area (Å²) in [5, 5.41) is 2.01. The zero-order valence-corrected chi connectivity index (χ0v) is 12.1. The molecule has 1 aromatic carbocycles. The van der Waals surface area contributed by atoms with Gasteiger partial charge in [0.15, 0.2) is 0 Å². The van der Waals surface area contributed by atoms with Gasteiger partial charge in [0.2, 0.25) is 0 Å². The van der Waals surface area contributed by atoms with Crippen LogP contribution in [0.2, 0.25) is 0 Å². The van der Waals surface area contributed by atoms with Crippen LogP contribution in [0.5, 0.6) is 0 Å². The Labute approximate surface area is 128 Å². The number of carbonyl (C=O) groups excluding carboxylic acids is 1. The highest BCUT2D eigenvalue weighted by molar-refractivity contribution is 5.75. The number of esters is 1. The van der Waals surface area contributed by atoms with Gasteiger partial charge in [0, 0.05) is 6.07 Å². The number of hydrogen-bond acceptors (Lipinski definition) is 4. The summed E-state index contributed by atoms with van der Waals surface area (Å²) in [4.78, 5) is 22.9. The smallest absolute Gasteiger partial charge is 0.432 e. The van der Waals surface area contributed by atoms with E-state index in [9.17, 15) is 22.8 Å². The Morgan fingerprint density at radius 2 is 1.96 bits per heavy atom.